The first kappa shape index (κ1) is 16.8. The van der Waals surface area contributed by atoms with Crippen molar-refractivity contribution in [1.29, 1.82) is 0 Å². The zero-order valence-corrected chi connectivity index (χ0v) is 13.0. The van der Waals surface area contributed by atoms with Crippen LogP contribution >= 0.6 is 11.6 Å². The fourth-order valence-corrected chi connectivity index (χ4v) is 2.08. The van der Waals surface area contributed by atoms with E-state index in [1.54, 1.807) is 24.3 Å². The molecule has 1 aliphatic rings. The highest BCUT2D eigenvalue weighted by molar-refractivity contribution is 6.33. The number of nitrogens with zero attached hydrogens (tertiary/aromatic N) is 2. The number of likely N-dealkylation sites (N-methyl/N-ethyl adjacent to an activating group) is 1. The van der Waals surface area contributed by atoms with Crippen LogP contribution in [0, 0.1) is 0 Å². The Balaban J connectivity index is 1.80. The normalized spacial score (nSPS) is 14.2. The van der Waals surface area contributed by atoms with E-state index >= 15 is 0 Å². The van der Waals surface area contributed by atoms with Gasteiger partial charge in [0.15, 0.2) is 6.61 Å². The number of benzene rings is 1. The minimum atomic E-state index is -0.851. The molecule has 9 heteroatoms. The number of nitrogens with one attached hydrogen (secondary N) is 1. The number of halogens is 1. The number of anilines is 1. The zero-order chi connectivity index (χ0) is 17.0. The van der Waals surface area contributed by atoms with Gasteiger partial charge in [0.25, 0.3) is 11.8 Å². The molecule has 0 saturated carbocycles. The van der Waals surface area contributed by atoms with E-state index in [9.17, 15) is 19.2 Å². The summed E-state index contributed by atoms with van der Waals surface area (Å²) in [7, 11) is 1.45. The number of esters is 1. The molecule has 1 aliphatic heterocycles. The molecule has 1 saturated heterocycles. The number of carbonyl (C=O) groups excluding carboxylic acids is 4. The topological polar surface area (TPSA) is 96.0 Å². The Morgan fingerprint density at radius 3 is 2.61 bits per heavy atom. The zero-order valence-electron chi connectivity index (χ0n) is 12.2. The summed E-state index contributed by atoms with van der Waals surface area (Å²) < 4.78 is 4.75. The predicted octanol–water partition coefficient (Wildman–Crippen LogP) is 0.716. The van der Waals surface area contributed by atoms with Crippen LogP contribution < -0.4 is 5.32 Å². The van der Waals surface area contributed by atoms with Crippen LogP contribution in [-0.2, 0) is 19.1 Å². The summed E-state index contributed by atoms with van der Waals surface area (Å²) in [5.41, 5.74) is 0.390. The lowest BCUT2D eigenvalue weighted by Crippen LogP contribution is -2.37. The molecule has 4 amide bonds. The molecule has 23 heavy (non-hydrogen) atoms. The van der Waals surface area contributed by atoms with Crippen molar-refractivity contribution in [3.63, 3.8) is 0 Å². The van der Waals surface area contributed by atoms with Crippen molar-refractivity contribution in [3.8, 4) is 0 Å². The van der Waals surface area contributed by atoms with Crippen LogP contribution in [-0.4, -0.2) is 60.4 Å². The Hall–Kier alpha value is -2.61. The van der Waals surface area contributed by atoms with Crippen LogP contribution in [0.15, 0.2) is 24.3 Å². The van der Waals surface area contributed by atoms with Crippen molar-refractivity contribution in [2.45, 2.75) is 0 Å². The second-order valence-electron chi connectivity index (χ2n) is 4.81. The van der Waals surface area contributed by atoms with E-state index < -0.39 is 37.0 Å². The van der Waals surface area contributed by atoms with E-state index in [4.69, 9.17) is 16.3 Å². The quantitative estimate of drug-likeness (QED) is 0.629. The highest BCUT2D eigenvalue weighted by atomic mass is 35.5. The largest absolute Gasteiger partial charge is 0.454 e. The Kier molecular flexibility index (Phi) is 5.17. The lowest BCUT2D eigenvalue weighted by molar-refractivity contribution is -0.149. The number of carbonyl (C=O) groups is 4. The molecule has 1 N–H and O–H groups in total. The number of para-hydroxylation sites is 1. The fourth-order valence-electron chi connectivity index (χ4n) is 1.89. The van der Waals surface area contributed by atoms with E-state index in [1.807, 2.05) is 0 Å². The molecule has 1 aromatic carbocycles. The molecule has 1 aromatic rings. The molecule has 1 heterocycles. The Morgan fingerprint density at radius 1 is 1.30 bits per heavy atom. The van der Waals surface area contributed by atoms with Crippen LogP contribution in [0.3, 0.4) is 0 Å². The summed E-state index contributed by atoms with van der Waals surface area (Å²) in [6.45, 7) is -1.16. The average molecular weight is 340 g/mol. The van der Waals surface area contributed by atoms with Gasteiger partial charge in [0.2, 0.25) is 0 Å². The summed E-state index contributed by atoms with van der Waals surface area (Å²) >= 11 is 5.88. The van der Waals surface area contributed by atoms with Gasteiger partial charge in [-0.15, -0.1) is 0 Å². The molecule has 1 fully saturated rings. The number of hydrogen-bond acceptors (Lipinski definition) is 5. The van der Waals surface area contributed by atoms with E-state index in [-0.39, 0.29) is 6.54 Å². The minimum absolute atomic E-state index is 0.0842. The van der Waals surface area contributed by atoms with E-state index in [1.165, 1.54) is 11.9 Å². The maximum Gasteiger partial charge on any atom is 0.327 e. The number of ether oxygens (including phenoxy) is 1. The maximum atomic E-state index is 11.7. The van der Waals surface area contributed by atoms with Crippen molar-refractivity contribution >= 4 is 41.1 Å². The number of rotatable bonds is 5. The van der Waals surface area contributed by atoms with Gasteiger partial charge in [0.05, 0.1) is 10.7 Å². The number of imide groups is 1. The number of amides is 4. The summed E-state index contributed by atoms with van der Waals surface area (Å²) in [5.74, 6) is -1.92. The van der Waals surface area contributed by atoms with E-state index in [0.29, 0.717) is 10.7 Å². The predicted molar refractivity (Wildman–Crippen MR) is 80.8 cm³/mol. The molecule has 2 rings (SSSR count). The van der Waals surface area contributed by atoms with Crippen molar-refractivity contribution in [2.75, 3.05) is 32.1 Å². The molecule has 0 atom stereocenters. The standard InChI is InChI=1S/C14H14ClN3O5/c1-17-6-12(20)18(14(17)22)7-13(21)23-8-11(19)16-10-5-3-2-4-9(10)15/h2-5H,6-8H2,1H3,(H,16,19). The van der Waals surface area contributed by atoms with Crippen LogP contribution in [0.5, 0.6) is 0 Å². The van der Waals surface area contributed by atoms with E-state index in [0.717, 1.165) is 4.90 Å². The summed E-state index contributed by atoms with van der Waals surface area (Å²) in [6.07, 6.45) is 0. The molecule has 8 nitrogen and oxygen atoms in total. The van der Waals surface area contributed by atoms with Gasteiger partial charge >= 0.3 is 12.0 Å². The third-order valence-corrected chi connectivity index (χ3v) is 3.36. The highest BCUT2D eigenvalue weighted by Gasteiger charge is 2.35. The number of urea groups is 1. The van der Waals surface area contributed by atoms with Gasteiger partial charge in [-0.3, -0.25) is 19.3 Å². The lowest BCUT2D eigenvalue weighted by Gasteiger charge is -2.13. The Labute approximate surface area is 136 Å². The molecule has 0 unspecified atom stereocenters. The molecule has 0 aliphatic carbocycles. The first-order valence-electron chi connectivity index (χ1n) is 6.64. The Morgan fingerprint density at radius 2 is 2.00 bits per heavy atom. The summed E-state index contributed by atoms with van der Waals surface area (Å²) in [5, 5.41) is 2.83. The summed E-state index contributed by atoms with van der Waals surface area (Å²) in [6, 6.07) is 6.02. The van der Waals surface area contributed by atoms with Gasteiger partial charge in [0.1, 0.15) is 13.1 Å². The van der Waals surface area contributed by atoms with Gasteiger partial charge in [-0.2, -0.15) is 0 Å². The van der Waals surface area contributed by atoms with Gasteiger partial charge in [-0.1, -0.05) is 23.7 Å². The van der Waals surface area contributed by atoms with Crippen molar-refractivity contribution in [3.05, 3.63) is 29.3 Å². The minimum Gasteiger partial charge on any atom is -0.454 e. The summed E-state index contributed by atoms with van der Waals surface area (Å²) in [4.78, 5) is 48.4. The Bertz CT molecular complexity index is 664. The molecule has 0 aromatic heterocycles. The molecular formula is C14H14ClN3O5. The highest BCUT2D eigenvalue weighted by Crippen LogP contribution is 2.20. The second-order valence-corrected chi connectivity index (χ2v) is 5.21. The first-order chi connectivity index (χ1) is 10.9. The maximum absolute atomic E-state index is 11.7. The van der Waals surface area contributed by atoms with Gasteiger partial charge < -0.3 is 15.0 Å². The van der Waals surface area contributed by atoms with Crippen LogP contribution in [0.4, 0.5) is 10.5 Å². The second kappa shape index (κ2) is 7.10. The SMILES string of the molecule is CN1CC(=O)N(CC(=O)OCC(=O)Nc2ccccc2Cl)C1=O. The first-order valence-corrected chi connectivity index (χ1v) is 7.01. The van der Waals surface area contributed by atoms with Crippen molar-refractivity contribution < 1.29 is 23.9 Å². The van der Waals surface area contributed by atoms with Crippen LogP contribution in [0.1, 0.15) is 0 Å². The lowest BCUT2D eigenvalue weighted by atomic mass is 10.3. The third-order valence-electron chi connectivity index (χ3n) is 3.03. The fraction of sp³-hybridized carbons (Fsp3) is 0.286. The van der Waals surface area contributed by atoms with Crippen LogP contribution in [0.25, 0.3) is 0 Å². The molecule has 0 spiro atoms. The molecular weight excluding hydrogens is 326 g/mol. The monoisotopic (exact) mass is 339 g/mol. The van der Waals surface area contributed by atoms with Gasteiger partial charge in [-0.25, -0.2) is 4.79 Å². The molecule has 122 valence electrons. The van der Waals surface area contributed by atoms with Crippen molar-refractivity contribution in [2.24, 2.45) is 0 Å². The third kappa shape index (κ3) is 4.19. The molecule has 0 bridgehead atoms. The number of hydrogen-bond donors (Lipinski definition) is 1. The van der Waals surface area contributed by atoms with Gasteiger partial charge in [-0.05, 0) is 12.1 Å². The van der Waals surface area contributed by atoms with Crippen LogP contribution in [0.2, 0.25) is 5.02 Å². The molecule has 0 radical (unpaired) electrons. The van der Waals surface area contributed by atoms with Gasteiger partial charge in [0, 0.05) is 7.05 Å². The smallest absolute Gasteiger partial charge is 0.327 e. The van der Waals surface area contributed by atoms with E-state index in [2.05, 4.69) is 5.32 Å². The average Bonchev–Trinajstić information content (AvgIpc) is 2.74. The van der Waals surface area contributed by atoms with Crippen molar-refractivity contribution in [1.82, 2.24) is 9.80 Å².